The number of halogens is 3. The topological polar surface area (TPSA) is 79.6 Å². The summed E-state index contributed by atoms with van der Waals surface area (Å²) in [5.74, 6) is -0.365. The van der Waals surface area contributed by atoms with Crippen molar-refractivity contribution in [3.8, 4) is 0 Å². The van der Waals surface area contributed by atoms with Crippen LogP contribution in [0.2, 0.25) is 0 Å². The van der Waals surface area contributed by atoms with Gasteiger partial charge in [-0.25, -0.2) is 10.4 Å². The molecule has 0 saturated heterocycles. The normalized spacial score (nSPS) is 16.9. The minimum atomic E-state index is -4.25. The average molecular weight is 427 g/mol. The molecule has 10 heteroatoms. The number of alkyl halides is 3. The zero-order valence-electron chi connectivity index (χ0n) is 17.7. The highest BCUT2D eigenvalue weighted by Gasteiger charge is 2.30. The minimum absolute atomic E-state index is 0.150. The first kappa shape index (κ1) is 23.8. The number of hydrogen-bond acceptors (Lipinski definition) is 5. The molecule has 1 unspecified atom stereocenters. The third-order valence-corrected chi connectivity index (χ3v) is 4.71. The number of hydrogen-bond donors (Lipinski definition) is 1. The van der Waals surface area contributed by atoms with Crippen molar-refractivity contribution < 1.29 is 18.0 Å². The van der Waals surface area contributed by atoms with E-state index in [9.17, 15) is 22.9 Å². The summed E-state index contributed by atoms with van der Waals surface area (Å²) in [6.45, 7) is 5.46. The summed E-state index contributed by atoms with van der Waals surface area (Å²) in [6.07, 6.45) is 1.65. The maximum atomic E-state index is 12.8. The van der Waals surface area contributed by atoms with Crippen LogP contribution in [-0.4, -0.2) is 47.2 Å². The molecule has 0 fully saturated rings. The lowest BCUT2D eigenvalue weighted by molar-refractivity contribution is -0.134. The number of carbonyl (C=O) groups excluding carboxylic acids is 1. The van der Waals surface area contributed by atoms with E-state index in [4.69, 9.17) is 0 Å². The Kier molecular flexibility index (Phi) is 7.57. The molecular weight excluding hydrogens is 399 g/mol. The van der Waals surface area contributed by atoms with Crippen molar-refractivity contribution in [3.05, 3.63) is 40.3 Å². The van der Waals surface area contributed by atoms with Gasteiger partial charge in [-0.15, -0.1) is 4.91 Å². The van der Waals surface area contributed by atoms with Crippen LogP contribution < -0.4 is 5.43 Å². The fraction of sp³-hybridized carbons (Fsp3) is 0.600. The second kappa shape index (κ2) is 9.55. The maximum Gasteiger partial charge on any atom is 0.389 e. The number of allylic oxidation sites excluding steroid dienone is 2. The predicted octanol–water partition coefficient (Wildman–Crippen LogP) is 3.51. The van der Waals surface area contributed by atoms with Crippen molar-refractivity contribution in [1.29, 1.82) is 0 Å². The number of nitrogens with one attached hydrogen (secondary N) is 1. The first-order chi connectivity index (χ1) is 13.9. The van der Waals surface area contributed by atoms with Gasteiger partial charge in [0.2, 0.25) is 0 Å². The van der Waals surface area contributed by atoms with Crippen molar-refractivity contribution in [2.75, 3.05) is 20.6 Å². The van der Waals surface area contributed by atoms with E-state index >= 15 is 0 Å². The van der Waals surface area contributed by atoms with E-state index in [-0.39, 0.29) is 17.8 Å². The van der Waals surface area contributed by atoms with Gasteiger partial charge in [0.1, 0.15) is 5.82 Å². The van der Waals surface area contributed by atoms with Crippen LogP contribution >= 0.6 is 0 Å². The van der Waals surface area contributed by atoms with Gasteiger partial charge in [-0.05, 0) is 25.6 Å². The van der Waals surface area contributed by atoms with Crippen LogP contribution in [-0.2, 0) is 24.2 Å². The molecule has 0 aliphatic heterocycles. The van der Waals surface area contributed by atoms with Crippen molar-refractivity contribution >= 4 is 12.0 Å². The number of nitroso groups, excluding NO2 is 1. The molecule has 1 amide bonds. The molecular formula is C20H28F3N5O2. The molecule has 0 spiro atoms. The quantitative estimate of drug-likeness (QED) is 0.372. The highest BCUT2D eigenvalue weighted by Crippen LogP contribution is 2.30. The number of carbonyl (C=O) groups is 1. The lowest BCUT2D eigenvalue weighted by Crippen LogP contribution is -2.33. The molecule has 1 N–H and O–H groups in total. The molecule has 0 radical (unpaired) electrons. The molecule has 2 rings (SSSR count). The van der Waals surface area contributed by atoms with Gasteiger partial charge in [0.25, 0.3) is 5.91 Å². The van der Waals surface area contributed by atoms with Crippen LogP contribution in [0.4, 0.5) is 13.2 Å². The number of fused-ring (bicyclic) bond motifs is 1. The summed E-state index contributed by atoms with van der Waals surface area (Å²) in [5, 5.41) is 2.32. The van der Waals surface area contributed by atoms with Crippen molar-refractivity contribution in [2.24, 2.45) is 16.6 Å². The SMILES string of the molecule is CN(C)CC(C)(C)Cn1c(CCC(F)(F)F)nc2c1C=CC(/C=C/C(=O)NN=O)C2. The summed E-state index contributed by atoms with van der Waals surface area (Å²) in [5.41, 5.74) is 3.12. The molecule has 1 aliphatic rings. The second-order valence-electron chi connectivity index (χ2n) is 8.62. The first-order valence-electron chi connectivity index (χ1n) is 9.69. The summed E-state index contributed by atoms with van der Waals surface area (Å²) in [4.78, 5) is 28.0. The molecule has 0 aromatic carbocycles. The Bertz CT molecular complexity index is 825. The van der Waals surface area contributed by atoms with Gasteiger partial charge in [-0.2, -0.15) is 13.2 Å². The Morgan fingerprint density at radius 1 is 1.40 bits per heavy atom. The molecule has 0 saturated carbocycles. The van der Waals surface area contributed by atoms with E-state index in [1.54, 1.807) is 11.5 Å². The van der Waals surface area contributed by atoms with Gasteiger partial charge >= 0.3 is 6.18 Å². The van der Waals surface area contributed by atoms with Crippen LogP contribution in [0, 0.1) is 16.2 Å². The summed E-state index contributed by atoms with van der Waals surface area (Å²) < 4.78 is 40.4. The molecule has 1 atom stereocenters. The average Bonchev–Trinajstić information content (AvgIpc) is 2.93. The Labute approximate surface area is 174 Å². The molecule has 1 aliphatic carbocycles. The van der Waals surface area contributed by atoms with Crippen LogP contribution in [0.25, 0.3) is 6.08 Å². The van der Waals surface area contributed by atoms with E-state index in [1.807, 2.05) is 30.8 Å². The Morgan fingerprint density at radius 3 is 2.70 bits per heavy atom. The molecule has 7 nitrogen and oxygen atoms in total. The Morgan fingerprint density at radius 2 is 2.10 bits per heavy atom. The molecule has 1 heterocycles. The maximum absolute atomic E-state index is 12.8. The largest absolute Gasteiger partial charge is 0.389 e. The van der Waals surface area contributed by atoms with Gasteiger partial charge in [0.05, 0.1) is 23.1 Å². The highest BCUT2D eigenvalue weighted by molar-refractivity contribution is 5.87. The van der Waals surface area contributed by atoms with E-state index < -0.39 is 18.5 Å². The molecule has 30 heavy (non-hydrogen) atoms. The standard InChI is InChI=1S/C20H28F3N5O2/c1-19(2,12-27(3)4)13-28-16-7-5-14(6-8-18(29)25-26-30)11-15(16)24-17(28)9-10-20(21,22)23/h5-8,14H,9-13H2,1-4H3,(H,25,29,30)/b8-6+. The van der Waals surface area contributed by atoms with Crippen LogP contribution in [0.15, 0.2) is 23.5 Å². The summed E-state index contributed by atoms with van der Waals surface area (Å²) >= 11 is 0. The minimum Gasteiger partial charge on any atom is -0.328 e. The third kappa shape index (κ3) is 7.08. The van der Waals surface area contributed by atoms with E-state index in [2.05, 4.69) is 29.0 Å². The number of imidazole rings is 1. The molecule has 1 aromatic heterocycles. The van der Waals surface area contributed by atoms with E-state index in [0.717, 1.165) is 12.2 Å². The van der Waals surface area contributed by atoms with Gasteiger partial charge in [-0.1, -0.05) is 26.0 Å². The van der Waals surface area contributed by atoms with Gasteiger partial charge in [0, 0.05) is 37.9 Å². The summed E-state index contributed by atoms with van der Waals surface area (Å²) in [7, 11) is 3.92. The predicted molar refractivity (Wildman–Crippen MR) is 108 cm³/mol. The Hall–Kier alpha value is -2.49. The Balaban J connectivity index is 2.29. The monoisotopic (exact) mass is 427 g/mol. The highest BCUT2D eigenvalue weighted by atomic mass is 19.4. The van der Waals surface area contributed by atoms with Crippen LogP contribution in [0.1, 0.15) is 37.5 Å². The van der Waals surface area contributed by atoms with Gasteiger partial charge in [0.15, 0.2) is 0 Å². The lowest BCUT2D eigenvalue weighted by Gasteiger charge is -2.30. The zero-order valence-corrected chi connectivity index (χ0v) is 17.7. The van der Waals surface area contributed by atoms with E-state index in [0.29, 0.717) is 24.5 Å². The molecule has 166 valence electrons. The summed E-state index contributed by atoms with van der Waals surface area (Å²) in [6, 6.07) is 0. The van der Waals surface area contributed by atoms with Crippen LogP contribution in [0.5, 0.6) is 0 Å². The molecule has 0 bridgehead atoms. The van der Waals surface area contributed by atoms with E-state index in [1.165, 1.54) is 6.08 Å². The number of aryl methyl sites for hydroxylation is 1. The zero-order chi connectivity index (χ0) is 22.5. The number of aromatic nitrogens is 2. The van der Waals surface area contributed by atoms with Gasteiger partial charge < -0.3 is 9.47 Å². The fourth-order valence-electron chi connectivity index (χ4n) is 3.79. The van der Waals surface area contributed by atoms with Crippen molar-refractivity contribution in [2.45, 2.75) is 45.8 Å². The lowest BCUT2D eigenvalue weighted by atomic mass is 9.91. The van der Waals surface area contributed by atoms with Gasteiger partial charge in [-0.3, -0.25) is 4.79 Å². The van der Waals surface area contributed by atoms with Crippen molar-refractivity contribution in [1.82, 2.24) is 19.9 Å². The number of rotatable bonds is 9. The number of amides is 1. The van der Waals surface area contributed by atoms with Crippen molar-refractivity contribution in [3.63, 3.8) is 0 Å². The third-order valence-electron chi connectivity index (χ3n) is 4.71. The fourth-order valence-corrected chi connectivity index (χ4v) is 3.79. The second-order valence-corrected chi connectivity index (χ2v) is 8.62. The first-order valence-corrected chi connectivity index (χ1v) is 9.69. The smallest absolute Gasteiger partial charge is 0.328 e. The molecule has 1 aromatic rings. The van der Waals surface area contributed by atoms with Crippen LogP contribution in [0.3, 0.4) is 0 Å². The number of nitrogens with zero attached hydrogens (tertiary/aromatic N) is 4.